The summed E-state index contributed by atoms with van der Waals surface area (Å²) < 4.78 is 10.8. The number of hydrogen-bond acceptors (Lipinski definition) is 8. The van der Waals surface area contributed by atoms with E-state index in [1.807, 2.05) is 48.5 Å². The maximum Gasteiger partial charge on any atom is 0.251 e. The van der Waals surface area contributed by atoms with Gasteiger partial charge < -0.3 is 20.1 Å². The summed E-state index contributed by atoms with van der Waals surface area (Å²) in [6.45, 7) is 1.01. The molecule has 0 saturated carbocycles. The molecular formula is C32H34N4O6. The van der Waals surface area contributed by atoms with Crippen LogP contribution in [0.2, 0.25) is 0 Å². The molecule has 4 amide bonds. The average molecular weight is 571 g/mol. The number of ether oxygens (including phenoxy) is 2. The van der Waals surface area contributed by atoms with E-state index in [1.54, 1.807) is 38.5 Å². The Morgan fingerprint density at radius 3 is 1.38 bits per heavy atom. The second kappa shape index (κ2) is 13.0. The molecule has 2 atom stereocenters. The van der Waals surface area contributed by atoms with Gasteiger partial charge in [-0.2, -0.15) is 0 Å². The molecule has 2 aliphatic heterocycles. The van der Waals surface area contributed by atoms with Crippen molar-refractivity contribution in [1.82, 2.24) is 10.6 Å². The normalized spacial score (nSPS) is 18.7. The van der Waals surface area contributed by atoms with Gasteiger partial charge in [0.1, 0.15) is 11.5 Å². The maximum atomic E-state index is 13.1. The summed E-state index contributed by atoms with van der Waals surface area (Å²) in [7, 11) is 3.23. The van der Waals surface area contributed by atoms with Gasteiger partial charge in [-0.05, 0) is 60.4 Å². The highest BCUT2D eigenvalue weighted by atomic mass is 16.5. The SMILES string of the molecule is COc1ccccc1CCN[C@@H]1CC(=O)N(c2ccc(N3C(=O)C[C@@H](NCCc4ccccc4OC)C3=O)cc2)C1=O. The lowest BCUT2D eigenvalue weighted by Crippen LogP contribution is -2.40. The number of carbonyl (C=O) groups is 4. The number of amides is 4. The zero-order chi connectivity index (χ0) is 29.6. The zero-order valence-corrected chi connectivity index (χ0v) is 23.7. The smallest absolute Gasteiger partial charge is 0.251 e. The topological polar surface area (TPSA) is 117 Å². The van der Waals surface area contributed by atoms with Crippen LogP contribution < -0.4 is 29.9 Å². The zero-order valence-electron chi connectivity index (χ0n) is 23.7. The van der Waals surface area contributed by atoms with Gasteiger partial charge in [0.05, 0.1) is 50.5 Å². The Morgan fingerprint density at radius 2 is 1.00 bits per heavy atom. The van der Waals surface area contributed by atoms with Crippen LogP contribution in [0.15, 0.2) is 72.8 Å². The molecule has 0 radical (unpaired) electrons. The molecule has 2 N–H and O–H groups in total. The van der Waals surface area contributed by atoms with Crippen molar-refractivity contribution in [2.75, 3.05) is 37.1 Å². The van der Waals surface area contributed by atoms with Crippen molar-refractivity contribution in [1.29, 1.82) is 0 Å². The van der Waals surface area contributed by atoms with E-state index in [1.165, 1.54) is 0 Å². The van der Waals surface area contributed by atoms with Gasteiger partial charge in [-0.3, -0.25) is 19.2 Å². The van der Waals surface area contributed by atoms with Crippen LogP contribution in [0.4, 0.5) is 11.4 Å². The van der Waals surface area contributed by atoms with Crippen molar-refractivity contribution in [3.63, 3.8) is 0 Å². The highest BCUT2D eigenvalue weighted by molar-refractivity contribution is 6.24. The van der Waals surface area contributed by atoms with Gasteiger partial charge in [0.25, 0.3) is 11.8 Å². The molecule has 0 aromatic heterocycles. The number of hydrogen-bond donors (Lipinski definition) is 2. The minimum absolute atomic E-state index is 0.0534. The number of carbonyl (C=O) groups excluding carboxylic acids is 4. The first-order chi connectivity index (χ1) is 20.4. The van der Waals surface area contributed by atoms with Crippen LogP contribution in [0, 0.1) is 0 Å². The molecule has 218 valence electrons. The Kier molecular flexibility index (Phi) is 8.94. The number of rotatable bonds is 12. The van der Waals surface area contributed by atoms with Crippen molar-refractivity contribution in [2.45, 2.75) is 37.8 Å². The van der Waals surface area contributed by atoms with Gasteiger partial charge in [-0.25, -0.2) is 9.80 Å². The third kappa shape index (κ3) is 6.05. The number of anilines is 2. The van der Waals surface area contributed by atoms with Crippen LogP contribution in [0.1, 0.15) is 24.0 Å². The van der Waals surface area contributed by atoms with E-state index >= 15 is 0 Å². The van der Waals surface area contributed by atoms with Crippen LogP contribution >= 0.6 is 0 Å². The van der Waals surface area contributed by atoms with Crippen molar-refractivity contribution in [3.05, 3.63) is 83.9 Å². The summed E-state index contributed by atoms with van der Waals surface area (Å²) in [5.41, 5.74) is 2.81. The van der Waals surface area contributed by atoms with Gasteiger partial charge in [0, 0.05) is 13.1 Å². The summed E-state index contributed by atoms with van der Waals surface area (Å²) in [4.78, 5) is 54.0. The van der Waals surface area contributed by atoms with E-state index in [2.05, 4.69) is 10.6 Å². The molecule has 0 aliphatic carbocycles. The molecule has 0 unspecified atom stereocenters. The van der Waals surface area contributed by atoms with E-state index in [9.17, 15) is 19.2 Å². The third-order valence-electron chi connectivity index (χ3n) is 7.61. The number of nitrogens with zero attached hydrogens (tertiary/aromatic N) is 2. The first kappa shape index (κ1) is 29.0. The Labute approximate surface area is 244 Å². The summed E-state index contributed by atoms with van der Waals surface area (Å²) in [6.07, 6.45) is 1.39. The van der Waals surface area contributed by atoms with Crippen LogP contribution in [0.5, 0.6) is 11.5 Å². The summed E-state index contributed by atoms with van der Waals surface area (Å²) >= 11 is 0. The van der Waals surface area contributed by atoms with Crippen LogP contribution in [-0.4, -0.2) is 63.0 Å². The minimum atomic E-state index is -0.628. The van der Waals surface area contributed by atoms with Crippen molar-refractivity contribution in [3.8, 4) is 11.5 Å². The molecule has 10 heteroatoms. The third-order valence-corrected chi connectivity index (χ3v) is 7.61. The average Bonchev–Trinajstić information content (AvgIpc) is 3.45. The highest BCUT2D eigenvalue weighted by Gasteiger charge is 2.41. The summed E-state index contributed by atoms with van der Waals surface area (Å²) in [5, 5.41) is 6.38. The van der Waals surface area contributed by atoms with E-state index in [0.717, 1.165) is 32.4 Å². The summed E-state index contributed by atoms with van der Waals surface area (Å²) in [5.74, 6) is 0.269. The fourth-order valence-electron chi connectivity index (χ4n) is 5.46. The first-order valence-corrected chi connectivity index (χ1v) is 14.0. The van der Waals surface area contributed by atoms with E-state index in [-0.39, 0.29) is 36.5 Å². The van der Waals surface area contributed by atoms with Crippen LogP contribution in [0.3, 0.4) is 0 Å². The molecule has 10 nitrogen and oxygen atoms in total. The predicted octanol–water partition coefficient (Wildman–Crippen LogP) is 2.63. The molecule has 2 fully saturated rings. The molecule has 3 aromatic carbocycles. The van der Waals surface area contributed by atoms with E-state index in [4.69, 9.17) is 9.47 Å². The molecule has 0 bridgehead atoms. The van der Waals surface area contributed by atoms with E-state index in [0.29, 0.717) is 37.3 Å². The fraction of sp³-hybridized carbons (Fsp3) is 0.312. The van der Waals surface area contributed by atoms with Crippen molar-refractivity contribution >= 4 is 35.0 Å². The van der Waals surface area contributed by atoms with Gasteiger partial charge in [-0.15, -0.1) is 0 Å². The fourth-order valence-corrected chi connectivity index (χ4v) is 5.46. The quantitative estimate of drug-likeness (QED) is 0.319. The van der Waals surface area contributed by atoms with Gasteiger partial charge in [-0.1, -0.05) is 36.4 Å². The van der Waals surface area contributed by atoms with Gasteiger partial charge in [0.2, 0.25) is 11.8 Å². The Hall–Kier alpha value is -4.54. The number of nitrogens with one attached hydrogen (secondary N) is 2. The maximum absolute atomic E-state index is 13.1. The number of benzene rings is 3. The second-order valence-corrected chi connectivity index (χ2v) is 10.2. The summed E-state index contributed by atoms with van der Waals surface area (Å²) in [6, 6.07) is 20.4. The molecule has 3 aromatic rings. The molecule has 42 heavy (non-hydrogen) atoms. The van der Waals surface area contributed by atoms with Gasteiger partial charge in [0.15, 0.2) is 0 Å². The molecule has 2 saturated heterocycles. The Balaban J connectivity index is 1.17. The molecule has 0 spiro atoms. The largest absolute Gasteiger partial charge is 0.496 e. The Morgan fingerprint density at radius 1 is 0.619 bits per heavy atom. The minimum Gasteiger partial charge on any atom is -0.496 e. The molecule has 2 aliphatic rings. The standard InChI is InChI=1S/C32H34N4O6/c1-41-27-9-5-3-7-21(27)15-17-33-25-19-29(37)35(31(25)39)23-11-13-24(14-12-23)36-30(38)20-26(32(36)40)34-18-16-22-8-4-6-10-28(22)42-2/h3-14,25-26,33-34H,15-20H2,1-2H3/t25-,26-/m1/s1. The second-order valence-electron chi connectivity index (χ2n) is 10.2. The highest BCUT2D eigenvalue weighted by Crippen LogP contribution is 2.29. The van der Waals surface area contributed by atoms with E-state index < -0.39 is 12.1 Å². The number of methoxy groups -OCH3 is 2. The number of imide groups is 2. The molecule has 2 heterocycles. The molecular weight excluding hydrogens is 536 g/mol. The van der Waals surface area contributed by atoms with Crippen molar-refractivity contribution in [2.24, 2.45) is 0 Å². The van der Waals surface area contributed by atoms with Crippen LogP contribution in [-0.2, 0) is 32.0 Å². The van der Waals surface area contributed by atoms with Gasteiger partial charge >= 0.3 is 0 Å². The molecule has 5 rings (SSSR count). The first-order valence-electron chi connectivity index (χ1n) is 14.0. The predicted molar refractivity (Wildman–Crippen MR) is 158 cm³/mol. The lowest BCUT2D eigenvalue weighted by atomic mass is 10.1. The Bertz CT molecular complexity index is 1360. The monoisotopic (exact) mass is 570 g/mol. The number of para-hydroxylation sites is 2. The lowest BCUT2D eigenvalue weighted by Gasteiger charge is -2.19. The van der Waals surface area contributed by atoms with Crippen molar-refractivity contribution < 1.29 is 28.7 Å². The van der Waals surface area contributed by atoms with Crippen LogP contribution in [0.25, 0.3) is 0 Å². The lowest BCUT2D eigenvalue weighted by molar-refractivity contribution is -0.123.